The lowest BCUT2D eigenvalue weighted by molar-refractivity contribution is -0.127. The van der Waals surface area contributed by atoms with E-state index in [1.54, 1.807) is 0 Å². The molecule has 0 spiro atoms. The van der Waals surface area contributed by atoms with Crippen molar-refractivity contribution in [2.75, 3.05) is 19.6 Å². The van der Waals surface area contributed by atoms with Crippen molar-refractivity contribution in [3.8, 4) is 0 Å². The Bertz CT molecular complexity index is 688. The van der Waals surface area contributed by atoms with Crippen LogP contribution in [0.2, 0.25) is 0 Å². The van der Waals surface area contributed by atoms with Gasteiger partial charge in [-0.2, -0.15) is 0 Å². The molecule has 27 heavy (non-hydrogen) atoms. The first-order valence-electron chi connectivity index (χ1n) is 10.2. The number of hydrogen-bond donors (Lipinski definition) is 2. The summed E-state index contributed by atoms with van der Waals surface area (Å²) in [6, 6.07) is 6.30. The molecular formula is C22H34N4O. The second-order valence-corrected chi connectivity index (χ2v) is 7.23. The number of amidine groups is 1. The minimum absolute atomic E-state index is 0.0792. The second-order valence-electron chi connectivity index (χ2n) is 7.23. The minimum atomic E-state index is 0.0792. The van der Waals surface area contributed by atoms with Gasteiger partial charge in [0, 0.05) is 30.6 Å². The number of unbranched alkanes of at least 4 members (excludes halogenated alkanes) is 2. The fraction of sp³-hybridized carbons (Fsp3) is 0.545. The van der Waals surface area contributed by atoms with E-state index in [-0.39, 0.29) is 5.91 Å². The number of aliphatic imine (C=N–C) groups is 1. The van der Waals surface area contributed by atoms with Crippen molar-refractivity contribution < 1.29 is 4.79 Å². The molecule has 0 bridgehead atoms. The Kier molecular flexibility index (Phi) is 8.52. The normalized spacial score (nSPS) is 13.4. The summed E-state index contributed by atoms with van der Waals surface area (Å²) >= 11 is 0. The summed E-state index contributed by atoms with van der Waals surface area (Å²) in [7, 11) is 0. The Labute approximate surface area is 163 Å². The zero-order valence-electron chi connectivity index (χ0n) is 16.8. The number of fused-ring (bicyclic) bond motifs is 1. The van der Waals surface area contributed by atoms with Crippen molar-refractivity contribution in [3.63, 3.8) is 0 Å². The maximum Gasteiger partial charge on any atom is 0.250 e. The van der Waals surface area contributed by atoms with Crippen molar-refractivity contribution in [1.82, 2.24) is 4.90 Å². The predicted molar refractivity (Wildman–Crippen MR) is 114 cm³/mol. The lowest BCUT2D eigenvalue weighted by Crippen LogP contribution is -2.34. The van der Waals surface area contributed by atoms with Gasteiger partial charge in [0.1, 0.15) is 5.84 Å². The van der Waals surface area contributed by atoms with Crippen LogP contribution in [0.3, 0.4) is 0 Å². The summed E-state index contributed by atoms with van der Waals surface area (Å²) < 4.78 is 0. The number of nitrogens with two attached hydrogens (primary N) is 2. The second kappa shape index (κ2) is 10.9. The van der Waals surface area contributed by atoms with Crippen LogP contribution in [-0.2, 0) is 11.2 Å². The molecule has 1 aliphatic rings. The third-order valence-electron chi connectivity index (χ3n) is 4.78. The molecule has 1 aliphatic heterocycles. The molecule has 0 saturated carbocycles. The number of rotatable bonds is 10. The molecule has 2 rings (SSSR count). The van der Waals surface area contributed by atoms with Gasteiger partial charge in [0.05, 0.1) is 5.69 Å². The van der Waals surface area contributed by atoms with Crippen LogP contribution in [0.4, 0.5) is 5.69 Å². The Morgan fingerprint density at radius 1 is 1.15 bits per heavy atom. The summed E-state index contributed by atoms with van der Waals surface area (Å²) in [6.07, 6.45) is 8.62. The molecule has 0 aliphatic carbocycles. The summed E-state index contributed by atoms with van der Waals surface area (Å²) in [6.45, 7) is 6.49. The number of benzene rings is 1. The van der Waals surface area contributed by atoms with Crippen LogP contribution >= 0.6 is 0 Å². The van der Waals surface area contributed by atoms with E-state index in [1.807, 2.05) is 11.0 Å². The molecule has 5 nitrogen and oxygen atoms in total. The fourth-order valence-corrected chi connectivity index (χ4v) is 3.44. The van der Waals surface area contributed by atoms with E-state index in [0.717, 1.165) is 75.0 Å². The Balaban J connectivity index is 2.21. The standard InChI is InChI=1S/C22H34N4O/c1-3-12-26(13-4-2)22(27)19-15-18-10-9-17(8-6-5-7-11-23)14-20(18)25-21(24)16-19/h9-10,14-15H,3-8,11-13,16,23H2,1-2H3,(H2,24,25). The van der Waals surface area contributed by atoms with Crippen molar-refractivity contribution in [2.45, 2.75) is 58.8 Å². The van der Waals surface area contributed by atoms with E-state index >= 15 is 0 Å². The van der Waals surface area contributed by atoms with Gasteiger partial charge in [-0.25, -0.2) is 4.99 Å². The zero-order chi connectivity index (χ0) is 19.6. The van der Waals surface area contributed by atoms with E-state index in [4.69, 9.17) is 11.5 Å². The van der Waals surface area contributed by atoms with Crippen molar-refractivity contribution in [2.24, 2.45) is 16.5 Å². The molecule has 0 saturated heterocycles. The van der Waals surface area contributed by atoms with Gasteiger partial charge in [-0.3, -0.25) is 4.79 Å². The van der Waals surface area contributed by atoms with Crippen LogP contribution in [0, 0.1) is 0 Å². The van der Waals surface area contributed by atoms with Gasteiger partial charge >= 0.3 is 0 Å². The molecule has 5 heteroatoms. The molecule has 148 valence electrons. The summed E-state index contributed by atoms with van der Waals surface area (Å²) in [5.74, 6) is 0.581. The van der Waals surface area contributed by atoms with Gasteiger partial charge in [-0.05, 0) is 56.4 Å². The number of carbonyl (C=O) groups excluding carboxylic acids is 1. The van der Waals surface area contributed by atoms with E-state index in [0.29, 0.717) is 12.3 Å². The average Bonchev–Trinajstić information content (AvgIpc) is 2.82. The molecular weight excluding hydrogens is 336 g/mol. The Morgan fingerprint density at radius 3 is 2.56 bits per heavy atom. The van der Waals surface area contributed by atoms with Crippen LogP contribution in [0.15, 0.2) is 28.8 Å². The van der Waals surface area contributed by atoms with E-state index in [9.17, 15) is 4.79 Å². The first kappa shape index (κ1) is 21.2. The van der Waals surface area contributed by atoms with Crippen LogP contribution in [0.25, 0.3) is 6.08 Å². The Hall–Kier alpha value is -2.14. The Morgan fingerprint density at radius 2 is 1.89 bits per heavy atom. The summed E-state index contributed by atoms with van der Waals surface area (Å²) in [5, 5.41) is 0. The number of carbonyl (C=O) groups is 1. The van der Waals surface area contributed by atoms with Crippen molar-refractivity contribution in [1.29, 1.82) is 0 Å². The van der Waals surface area contributed by atoms with Crippen molar-refractivity contribution in [3.05, 3.63) is 34.9 Å². The van der Waals surface area contributed by atoms with Crippen molar-refractivity contribution >= 4 is 23.5 Å². The third-order valence-corrected chi connectivity index (χ3v) is 4.78. The molecule has 1 aromatic carbocycles. The molecule has 0 unspecified atom stereocenters. The topological polar surface area (TPSA) is 84.7 Å². The van der Waals surface area contributed by atoms with E-state index < -0.39 is 0 Å². The van der Waals surface area contributed by atoms with Gasteiger partial charge in [0.25, 0.3) is 0 Å². The van der Waals surface area contributed by atoms with Gasteiger partial charge < -0.3 is 16.4 Å². The highest BCUT2D eigenvalue weighted by Crippen LogP contribution is 2.29. The lowest BCUT2D eigenvalue weighted by atomic mass is 10.0. The van der Waals surface area contributed by atoms with Gasteiger partial charge in [0.2, 0.25) is 5.91 Å². The summed E-state index contributed by atoms with van der Waals surface area (Å²) in [4.78, 5) is 19.5. The number of aryl methyl sites for hydroxylation is 1. The molecule has 0 radical (unpaired) electrons. The van der Waals surface area contributed by atoms with Gasteiger partial charge in [0.15, 0.2) is 0 Å². The van der Waals surface area contributed by atoms with Crippen LogP contribution < -0.4 is 11.5 Å². The molecule has 1 amide bonds. The minimum Gasteiger partial charge on any atom is -0.387 e. The maximum absolute atomic E-state index is 13.0. The third kappa shape index (κ3) is 6.21. The molecule has 1 aromatic rings. The highest BCUT2D eigenvalue weighted by molar-refractivity contribution is 6.05. The first-order valence-corrected chi connectivity index (χ1v) is 10.2. The summed E-state index contributed by atoms with van der Waals surface area (Å²) in [5.41, 5.74) is 15.5. The van der Waals surface area contributed by atoms with Crippen LogP contribution in [-0.4, -0.2) is 36.3 Å². The molecule has 0 atom stereocenters. The van der Waals surface area contributed by atoms with Crippen LogP contribution in [0.1, 0.15) is 63.5 Å². The SMILES string of the molecule is CCCN(CCC)C(=O)C1=Cc2ccc(CCCCCN)cc2N=C(N)C1. The van der Waals surface area contributed by atoms with Crippen LogP contribution in [0.5, 0.6) is 0 Å². The smallest absolute Gasteiger partial charge is 0.250 e. The zero-order valence-corrected chi connectivity index (χ0v) is 16.8. The monoisotopic (exact) mass is 370 g/mol. The maximum atomic E-state index is 13.0. The number of amides is 1. The van der Waals surface area contributed by atoms with E-state index in [2.05, 4.69) is 37.0 Å². The number of nitrogens with zero attached hydrogens (tertiary/aromatic N) is 2. The molecule has 0 aromatic heterocycles. The molecule has 0 fully saturated rings. The average molecular weight is 371 g/mol. The first-order chi connectivity index (χ1) is 13.1. The largest absolute Gasteiger partial charge is 0.387 e. The highest BCUT2D eigenvalue weighted by Gasteiger charge is 2.20. The van der Waals surface area contributed by atoms with Gasteiger partial charge in [-0.1, -0.05) is 32.4 Å². The quantitative estimate of drug-likeness (QED) is 0.615. The predicted octanol–water partition coefficient (Wildman–Crippen LogP) is 3.78. The van der Waals surface area contributed by atoms with E-state index in [1.165, 1.54) is 5.56 Å². The highest BCUT2D eigenvalue weighted by atomic mass is 16.2. The van der Waals surface area contributed by atoms with Gasteiger partial charge in [-0.15, -0.1) is 0 Å². The lowest BCUT2D eigenvalue weighted by Gasteiger charge is -2.22. The molecule has 1 heterocycles. The fourth-order valence-electron chi connectivity index (χ4n) is 3.44. The number of hydrogen-bond acceptors (Lipinski definition) is 4. The molecule has 4 N–H and O–H groups in total.